The van der Waals surface area contributed by atoms with Crippen LogP contribution in [0.4, 0.5) is 0 Å². The zero-order valence-corrected chi connectivity index (χ0v) is 48.4. The molecule has 0 saturated heterocycles. The third-order valence-electron chi connectivity index (χ3n) is 14.2. The van der Waals surface area contributed by atoms with Crippen molar-refractivity contribution in [2.24, 2.45) is 0 Å². The summed E-state index contributed by atoms with van der Waals surface area (Å²) in [6, 6.07) is -0.883. The second-order valence-corrected chi connectivity index (χ2v) is 23.8. The van der Waals surface area contributed by atoms with Gasteiger partial charge in [0.05, 0.1) is 39.9 Å². The van der Waals surface area contributed by atoms with E-state index in [0.29, 0.717) is 17.4 Å². The summed E-state index contributed by atoms with van der Waals surface area (Å²) < 4.78 is 23.3. The minimum atomic E-state index is -4.59. The van der Waals surface area contributed by atoms with Crippen LogP contribution in [0.2, 0.25) is 0 Å². The molecule has 3 atom stereocenters. The van der Waals surface area contributed by atoms with Gasteiger partial charge in [0, 0.05) is 6.42 Å². The molecule has 0 aliphatic carbocycles. The van der Waals surface area contributed by atoms with Gasteiger partial charge in [-0.3, -0.25) is 9.36 Å². The van der Waals surface area contributed by atoms with Gasteiger partial charge < -0.3 is 28.8 Å². The quantitative estimate of drug-likeness (QED) is 0.0272. The van der Waals surface area contributed by atoms with Crippen molar-refractivity contribution in [3.63, 3.8) is 0 Å². The number of aliphatic hydroxyl groups excluding tert-OH is 1. The van der Waals surface area contributed by atoms with Gasteiger partial charge in [-0.25, -0.2) is 0 Å². The molecular weight excluding hydrogens is 888 g/mol. The Labute approximate surface area is 436 Å². The maximum atomic E-state index is 13.0. The van der Waals surface area contributed by atoms with Gasteiger partial charge in [-0.15, -0.1) is 0 Å². The van der Waals surface area contributed by atoms with Crippen LogP contribution in [0.1, 0.15) is 309 Å². The number of rotatable bonds is 57. The van der Waals surface area contributed by atoms with Crippen LogP contribution in [-0.4, -0.2) is 68.5 Å². The van der Waals surface area contributed by atoms with Crippen LogP contribution in [0.3, 0.4) is 0 Å². The molecule has 3 unspecified atom stereocenters. The minimum absolute atomic E-state index is 0.00164. The molecule has 0 fully saturated rings. The molecule has 0 bridgehead atoms. The molecule has 0 heterocycles. The second-order valence-electron chi connectivity index (χ2n) is 22.4. The average Bonchev–Trinajstić information content (AvgIpc) is 3.32. The SMILES string of the molecule is CCCCCCCCCC/C=C\CCCCCCCCCCCCCCCCCCCCCCCC(=O)NC(COP(=O)([O-])OCC[N+](C)(C)C)C(O)/C=C/CCCCCCCCCCCCCCC. The van der Waals surface area contributed by atoms with E-state index in [2.05, 4.69) is 31.3 Å². The number of aliphatic hydroxyl groups is 1. The topological polar surface area (TPSA) is 108 Å². The van der Waals surface area contributed by atoms with Crippen LogP contribution < -0.4 is 10.2 Å². The van der Waals surface area contributed by atoms with Crippen molar-refractivity contribution in [3.8, 4) is 0 Å². The van der Waals surface area contributed by atoms with E-state index in [9.17, 15) is 19.4 Å². The van der Waals surface area contributed by atoms with Gasteiger partial charge in [0.25, 0.3) is 7.82 Å². The fourth-order valence-corrected chi connectivity index (χ4v) is 10.1. The van der Waals surface area contributed by atoms with E-state index in [0.717, 1.165) is 38.5 Å². The summed E-state index contributed by atoms with van der Waals surface area (Å²) in [4.78, 5) is 25.5. The Bertz CT molecular complexity index is 1190. The summed E-state index contributed by atoms with van der Waals surface area (Å²) in [6.07, 6.45) is 67.0. The molecule has 0 spiro atoms. The zero-order chi connectivity index (χ0) is 51.3. The van der Waals surface area contributed by atoms with Gasteiger partial charge in [-0.1, -0.05) is 282 Å². The molecular formula is C61H121N2O6P. The first-order valence-electron chi connectivity index (χ1n) is 30.7. The Morgan fingerprint density at radius 1 is 0.486 bits per heavy atom. The number of allylic oxidation sites excluding steroid dienone is 3. The van der Waals surface area contributed by atoms with Crippen molar-refractivity contribution in [3.05, 3.63) is 24.3 Å². The van der Waals surface area contributed by atoms with Crippen molar-refractivity contribution < 1.29 is 32.9 Å². The molecule has 0 radical (unpaired) electrons. The lowest BCUT2D eigenvalue weighted by Gasteiger charge is -2.29. The number of hydrogen-bond acceptors (Lipinski definition) is 6. The average molecular weight is 1010 g/mol. The monoisotopic (exact) mass is 1010 g/mol. The zero-order valence-electron chi connectivity index (χ0n) is 47.5. The molecule has 0 aromatic carbocycles. The number of phosphoric ester groups is 1. The van der Waals surface area contributed by atoms with Crippen LogP contribution in [0, 0.1) is 0 Å². The number of carbonyl (C=O) groups is 1. The van der Waals surface area contributed by atoms with E-state index in [1.54, 1.807) is 6.08 Å². The first-order valence-corrected chi connectivity index (χ1v) is 32.2. The third-order valence-corrected chi connectivity index (χ3v) is 15.1. The molecule has 0 aliphatic heterocycles. The second kappa shape index (κ2) is 52.8. The molecule has 0 rings (SSSR count). The summed E-state index contributed by atoms with van der Waals surface area (Å²) >= 11 is 0. The van der Waals surface area contributed by atoms with Crippen molar-refractivity contribution >= 4 is 13.7 Å². The van der Waals surface area contributed by atoms with Gasteiger partial charge in [0.1, 0.15) is 13.2 Å². The largest absolute Gasteiger partial charge is 0.756 e. The predicted molar refractivity (Wildman–Crippen MR) is 302 cm³/mol. The van der Waals surface area contributed by atoms with Gasteiger partial charge in [0.15, 0.2) is 0 Å². The molecule has 0 aliphatic rings. The third kappa shape index (κ3) is 54.7. The van der Waals surface area contributed by atoms with Crippen LogP contribution in [0.25, 0.3) is 0 Å². The predicted octanol–water partition coefficient (Wildman–Crippen LogP) is 18.1. The lowest BCUT2D eigenvalue weighted by Crippen LogP contribution is -2.45. The number of unbranched alkanes of at least 4 members (excludes halogenated alkanes) is 42. The lowest BCUT2D eigenvalue weighted by molar-refractivity contribution is -0.870. The standard InChI is InChI=1S/C61H121N2O6P/c1-6-8-10-12-14-16-18-20-22-23-24-25-26-27-28-29-30-31-32-33-34-35-36-37-38-39-41-43-45-47-49-51-53-55-61(65)62-59(58-69-70(66,67)68-57-56-63(3,4)5)60(64)54-52-50-48-46-44-42-40-21-19-17-15-13-11-9-7-2/h23-24,52,54,59-60,64H,6-22,25-51,53,55-58H2,1-5H3,(H-,62,65,66,67)/b24-23-,54-52+. The molecule has 70 heavy (non-hydrogen) atoms. The maximum absolute atomic E-state index is 13.0. The van der Waals surface area contributed by atoms with E-state index in [4.69, 9.17) is 9.05 Å². The summed E-state index contributed by atoms with van der Waals surface area (Å²) in [7, 11) is 1.28. The van der Waals surface area contributed by atoms with Gasteiger partial charge in [-0.05, 0) is 44.9 Å². The Hall–Kier alpha value is -1.02. The number of phosphoric acid groups is 1. The van der Waals surface area contributed by atoms with Crippen LogP contribution in [0.5, 0.6) is 0 Å². The van der Waals surface area contributed by atoms with E-state index in [-0.39, 0.29) is 19.1 Å². The first kappa shape index (κ1) is 69.0. The molecule has 9 heteroatoms. The van der Waals surface area contributed by atoms with Gasteiger partial charge in [0.2, 0.25) is 5.91 Å². The highest BCUT2D eigenvalue weighted by Crippen LogP contribution is 2.38. The molecule has 1 amide bonds. The van der Waals surface area contributed by atoms with Crippen molar-refractivity contribution in [1.29, 1.82) is 0 Å². The van der Waals surface area contributed by atoms with Crippen LogP contribution >= 0.6 is 7.82 Å². The fraction of sp³-hybridized carbons (Fsp3) is 0.918. The van der Waals surface area contributed by atoms with E-state index in [1.165, 1.54) is 250 Å². The minimum Gasteiger partial charge on any atom is -0.756 e. The Kier molecular flexibility index (Phi) is 52.1. The number of likely N-dealkylation sites (N-methyl/N-ethyl adjacent to an activating group) is 1. The smallest absolute Gasteiger partial charge is 0.268 e. The van der Waals surface area contributed by atoms with Crippen LogP contribution in [0.15, 0.2) is 24.3 Å². The highest BCUT2D eigenvalue weighted by Gasteiger charge is 2.23. The number of nitrogens with one attached hydrogen (secondary N) is 1. The maximum Gasteiger partial charge on any atom is 0.268 e. The van der Waals surface area contributed by atoms with Gasteiger partial charge >= 0.3 is 0 Å². The molecule has 416 valence electrons. The summed E-state index contributed by atoms with van der Waals surface area (Å²) in [6.45, 7) is 4.69. The summed E-state index contributed by atoms with van der Waals surface area (Å²) in [5, 5.41) is 13.9. The Morgan fingerprint density at radius 2 is 0.786 bits per heavy atom. The van der Waals surface area contributed by atoms with Crippen molar-refractivity contribution in [2.75, 3.05) is 40.9 Å². The highest BCUT2D eigenvalue weighted by molar-refractivity contribution is 7.45. The summed E-state index contributed by atoms with van der Waals surface area (Å²) in [5.74, 6) is -0.191. The fourth-order valence-electron chi connectivity index (χ4n) is 9.33. The Balaban J connectivity index is 3.99. The Morgan fingerprint density at radius 3 is 1.11 bits per heavy atom. The molecule has 2 N–H and O–H groups in total. The van der Waals surface area contributed by atoms with E-state index in [1.807, 2.05) is 27.2 Å². The number of nitrogens with zero attached hydrogens (tertiary/aromatic N) is 1. The first-order chi connectivity index (χ1) is 34.0. The lowest BCUT2D eigenvalue weighted by atomic mass is 10.0. The number of hydrogen-bond donors (Lipinski definition) is 2. The number of amides is 1. The highest BCUT2D eigenvalue weighted by atomic mass is 31.2. The van der Waals surface area contributed by atoms with E-state index >= 15 is 0 Å². The molecule has 0 aromatic heterocycles. The normalized spacial score (nSPS) is 14.0. The number of carbonyl (C=O) groups excluding carboxylic acids is 1. The van der Waals surface area contributed by atoms with Crippen molar-refractivity contribution in [1.82, 2.24) is 5.32 Å². The van der Waals surface area contributed by atoms with Crippen molar-refractivity contribution in [2.45, 2.75) is 321 Å². The van der Waals surface area contributed by atoms with Gasteiger partial charge in [-0.2, -0.15) is 0 Å². The van der Waals surface area contributed by atoms with E-state index < -0.39 is 20.0 Å². The molecule has 8 nitrogen and oxygen atoms in total. The molecule has 0 aromatic rings. The van der Waals surface area contributed by atoms with Crippen LogP contribution in [-0.2, 0) is 18.4 Å². The molecule has 0 saturated carbocycles. The summed E-state index contributed by atoms with van der Waals surface area (Å²) in [5.41, 5.74) is 0. The number of quaternary nitrogens is 1.